The standard InChI is InChI=1S/C9H18N2O4/c1-4(5(2)10)8(13)11-7(6(3)12)9(14)15/h4-7,12H,10H2,1-3H3,(H,11,13)(H,14,15)/t4?,5?,6-,7+/m1/s1. The van der Waals surface area contributed by atoms with E-state index in [9.17, 15) is 9.59 Å². The lowest BCUT2D eigenvalue weighted by atomic mass is 10.0. The second-order valence-corrected chi connectivity index (χ2v) is 3.71. The van der Waals surface area contributed by atoms with E-state index < -0.39 is 29.9 Å². The van der Waals surface area contributed by atoms with Crippen LogP contribution in [0.1, 0.15) is 20.8 Å². The first-order valence-corrected chi connectivity index (χ1v) is 4.74. The molecule has 0 bridgehead atoms. The summed E-state index contributed by atoms with van der Waals surface area (Å²) in [4.78, 5) is 22.1. The van der Waals surface area contributed by atoms with E-state index in [1.165, 1.54) is 6.92 Å². The fourth-order valence-electron chi connectivity index (χ4n) is 0.912. The molecule has 0 saturated carbocycles. The van der Waals surface area contributed by atoms with Gasteiger partial charge in [-0.05, 0) is 13.8 Å². The average molecular weight is 218 g/mol. The van der Waals surface area contributed by atoms with Gasteiger partial charge in [-0.3, -0.25) is 4.79 Å². The number of carboxylic acids is 1. The number of hydrogen-bond acceptors (Lipinski definition) is 4. The number of hydrogen-bond donors (Lipinski definition) is 4. The molecule has 4 atom stereocenters. The Labute approximate surface area is 88.5 Å². The lowest BCUT2D eigenvalue weighted by Crippen LogP contribution is -2.51. The van der Waals surface area contributed by atoms with E-state index in [1.807, 2.05) is 0 Å². The van der Waals surface area contributed by atoms with Gasteiger partial charge in [-0.2, -0.15) is 0 Å². The Balaban J connectivity index is 4.43. The number of aliphatic hydroxyl groups excluding tert-OH is 1. The molecule has 0 aliphatic rings. The minimum atomic E-state index is -1.29. The van der Waals surface area contributed by atoms with Crippen molar-refractivity contribution in [3.05, 3.63) is 0 Å². The molecule has 0 saturated heterocycles. The second kappa shape index (κ2) is 5.67. The van der Waals surface area contributed by atoms with Gasteiger partial charge in [0, 0.05) is 12.0 Å². The molecule has 0 aromatic carbocycles. The van der Waals surface area contributed by atoms with Crippen molar-refractivity contribution in [2.45, 2.75) is 39.0 Å². The average Bonchev–Trinajstić information content (AvgIpc) is 2.11. The molecule has 2 unspecified atom stereocenters. The fourth-order valence-corrected chi connectivity index (χ4v) is 0.912. The van der Waals surface area contributed by atoms with Crippen molar-refractivity contribution in [1.29, 1.82) is 0 Å². The number of amides is 1. The third-order valence-electron chi connectivity index (χ3n) is 2.25. The zero-order valence-electron chi connectivity index (χ0n) is 9.10. The predicted octanol–water partition coefficient (Wildman–Crippen LogP) is -1.08. The SMILES string of the molecule is CC(N)C(C)C(=O)N[C@H](C(=O)O)[C@@H](C)O. The van der Waals surface area contributed by atoms with Crippen molar-refractivity contribution < 1.29 is 19.8 Å². The molecular formula is C9H18N2O4. The molecule has 0 aromatic rings. The van der Waals surface area contributed by atoms with E-state index in [4.69, 9.17) is 15.9 Å². The van der Waals surface area contributed by atoms with Gasteiger partial charge in [0.1, 0.15) is 0 Å². The van der Waals surface area contributed by atoms with Gasteiger partial charge in [0.05, 0.1) is 6.10 Å². The largest absolute Gasteiger partial charge is 0.480 e. The molecule has 6 nitrogen and oxygen atoms in total. The number of rotatable bonds is 5. The normalized spacial score (nSPS) is 18.7. The number of carboxylic acid groups (broad SMARTS) is 1. The molecule has 88 valence electrons. The molecule has 6 heteroatoms. The molecule has 5 N–H and O–H groups in total. The third kappa shape index (κ3) is 4.26. The Morgan fingerprint density at radius 2 is 1.73 bits per heavy atom. The minimum absolute atomic E-state index is 0.367. The second-order valence-electron chi connectivity index (χ2n) is 3.71. The first-order valence-electron chi connectivity index (χ1n) is 4.74. The quantitative estimate of drug-likeness (QED) is 0.469. The van der Waals surface area contributed by atoms with Crippen LogP contribution >= 0.6 is 0 Å². The molecule has 0 aliphatic carbocycles. The van der Waals surface area contributed by atoms with Crippen molar-refractivity contribution in [2.24, 2.45) is 11.7 Å². The van der Waals surface area contributed by atoms with Crippen LogP contribution < -0.4 is 11.1 Å². The van der Waals surface area contributed by atoms with Gasteiger partial charge in [-0.1, -0.05) is 6.92 Å². The minimum Gasteiger partial charge on any atom is -0.480 e. The fraction of sp³-hybridized carbons (Fsp3) is 0.778. The van der Waals surface area contributed by atoms with Gasteiger partial charge < -0.3 is 21.3 Å². The first-order chi connectivity index (χ1) is 6.77. The molecule has 0 heterocycles. The summed E-state index contributed by atoms with van der Waals surface area (Å²) in [6.07, 6.45) is -1.15. The summed E-state index contributed by atoms with van der Waals surface area (Å²) in [6, 6.07) is -1.66. The van der Waals surface area contributed by atoms with Gasteiger partial charge in [0.15, 0.2) is 6.04 Å². The van der Waals surface area contributed by atoms with Gasteiger partial charge >= 0.3 is 5.97 Å². The molecule has 0 fully saturated rings. The summed E-state index contributed by atoms with van der Waals surface area (Å²) in [5.74, 6) is -2.24. The van der Waals surface area contributed by atoms with Crippen LogP contribution in [0.5, 0.6) is 0 Å². The molecule has 0 aromatic heterocycles. The summed E-state index contributed by atoms with van der Waals surface area (Å²) in [6.45, 7) is 4.55. The van der Waals surface area contributed by atoms with Gasteiger partial charge in [-0.15, -0.1) is 0 Å². The van der Waals surface area contributed by atoms with Crippen LogP contribution in [-0.2, 0) is 9.59 Å². The smallest absolute Gasteiger partial charge is 0.328 e. The number of aliphatic hydroxyl groups is 1. The maximum Gasteiger partial charge on any atom is 0.328 e. The van der Waals surface area contributed by atoms with Crippen LogP contribution in [0.2, 0.25) is 0 Å². The molecule has 0 aliphatic heterocycles. The summed E-state index contributed by atoms with van der Waals surface area (Å²) in [5.41, 5.74) is 5.49. The van der Waals surface area contributed by atoms with Crippen molar-refractivity contribution in [3.8, 4) is 0 Å². The highest BCUT2D eigenvalue weighted by Gasteiger charge is 2.27. The Morgan fingerprint density at radius 3 is 2.00 bits per heavy atom. The monoisotopic (exact) mass is 218 g/mol. The van der Waals surface area contributed by atoms with E-state index in [0.717, 1.165) is 0 Å². The van der Waals surface area contributed by atoms with Gasteiger partial charge in [0.2, 0.25) is 5.91 Å². The van der Waals surface area contributed by atoms with Gasteiger partial charge in [-0.25, -0.2) is 4.79 Å². The summed E-state index contributed by atoms with van der Waals surface area (Å²) in [7, 11) is 0. The number of carbonyl (C=O) groups is 2. The number of carbonyl (C=O) groups excluding carboxylic acids is 1. The van der Waals surface area contributed by atoms with E-state index in [1.54, 1.807) is 13.8 Å². The highest BCUT2D eigenvalue weighted by atomic mass is 16.4. The van der Waals surface area contributed by atoms with Gasteiger partial charge in [0.25, 0.3) is 0 Å². The molecule has 15 heavy (non-hydrogen) atoms. The van der Waals surface area contributed by atoms with E-state index in [0.29, 0.717) is 0 Å². The number of nitrogens with one attached hydrogen (secondary N) is 1. The lowest BCUT2D eigenvalue weighted by Gasteiger charge is -2.21. The van der Waals surface area contributed by atoms with Crippen LogP contribution in [0.25, 0.3) is 0 Å². The highest BCUT2D eigenvalue weighted by Crippen LogP contribution is 2.02. The lowest BCUT2D eigenvalue weighted by molar-refractivity contribution is -0.145. The van der Waals surface area contributed by atoms with Crippen molar-refractivity contribution >= 4 is 11.9 Å². The van der Waals surface area contributed by atoms with Crippen LogP contribution in [-0.4, -0.2) is 40.3 Å². The maximum absolute atomic E-state index is 11.4. The predicted molar refractivity (Wildman–Crippen MR) is 54.1 cm³/mol. The first kappa shape index (κ1) is 13.9. The van der Waals surface area contributed by atoms with Crippen LogP contribution in [0.15, 0.2) is 0 Å². The summed E-state index contributed by atoms with van der Waals surface area (Å²) >= 11 is 0. The molecule has 0 radical (unpaired) electrons. The molecular weight excluding hydrogens is 200 g/mol. The maximum atomic E-state index is 11.4. The Bertz CT molecular complexity index is 240. The van der Waals surface area contributed by atoms with Crippen molar-refractivity contribution in [3.63, 3.8) is 0 Å². The zero-order valence-corrected chi connectivity index (χ0v) is 9.10. The molecule has 0 spiro atoms. The Kier molecular flexibility index (Phi) is 5.24. The topological polar surface area (TPSA) is 113 Å². The van der Waals surface area contributed by atoms with Crippen molar-refractivity contribution in [2.75, 3.05) is 0 Å². The highest BCUT2D eigenvalue weighted by molar-refractivity contribution is 5.85. The van der Waals surface area contributed by atoms with Crippen molar-refractivity contribution in [1.82, 2.24) is 5.32 Å². The number of aliphatic carboxylic acids is 1. The molecule has 1 amide bonds. The van der Waals surface area contributed by atoms with Crippen LogP contribution in [0, 0.1) is 5.92 Å². The summed E-state index contributed by atoms with van der Waals surface area (Å²) in [5, 5.41) is 20.1. The Morgan fingerprint density at radius 1 is 1.27 bits per heavy atom. The van der Waals surface area contributed by atoms with Crippen LogP contribution in [0.3, 0.4) is 0 Å². The molecule has 0 rings (SSSR count). The number of nitrogens with two attached hydrogens (primary N) is 1. The summed E-state index contributed by atoms with van der Waals surface area (Å²) < 4.78 is 0. The van der Waals surface area contributed by atoms with E-state index in [2.05, 4.69) is 5.32 Å². The Hall–Kier alpha value is -1.14. The van der Waals surface area contributed by atoms with Crippen LogP contribution in [0.4, 0.5) is 0 Å². The van der Waals surface area contributed by atoms with E-state index >= 15 is 0 Å². The van der Waals surface area contributed by atoms with E-state index in [-0.39, 0.29) is 6.04 Å². The third-order valence-corrected chi connectivity index (χ3v) is 2.25. The zero-order chi connectivity index (χ0) is 12.2.